The van der Waals surface area contributed by atoms with Crippen LogP contribution in [0.5, 0.6) is 0 Å². The molecule has 0 radical (unpaired) electrons. The first-order valence-corrected chi connectivity index (χ1v) is 10.8. The number of thiazole rings is 1. The van der Waals surface area contributed by atoms with Crippen LogP contribution in [0, 0.1) is 6.92 Å². The maximum absolute atomic E-state index is 4.83. The van der Waals surface area contributed by atoms with Gasteiger partial charge in [-0.2, -0.15) is 0 Å². The quantitative estimate of drug-likeness (QED) is 0.692. The summed E-state index contributed by atoms with van der Waals surface area (Å²) in [5.41, 5.74) is 2.09. The van der Waals surface area contributed by atoms with Gasteiger partial charge in [-0.05, 0) is 30.1 Å². The fourth-order valence-electron chi connectivity index (χ4n) is 4.04. The SMILES string of the molecule is Cc1nc(CN2CCN(c3nc4nonc4nc3NC3CCCC3)CC2)cs1. The van der Waals surface area contributed by atoms with Crippen LogP contribution in [0.3, 0.4) is 0 Å². The van der Waals surface area contributed by atoms with Crippen LogP contribution in [0.4, 0.5) is 11.6 Å². The Hall–Kier alpha value is -2.33. The van der Waals surface area contributed by atoms with Crippen molar-refractivity contribution in [3.05, 3.63) is 16.1 Å². The Morgan fingerprint density at radius 1 is 1.07 bits per heavy atom. The number of piperazine rings is 1. The summed E-state index contributed by atoms with van der Waals surface area (Å²) < 4.78 is 4.83. The van der Waals surface area contributed by atoms with E-state index in [4.69, 9.17) is 9.61 Å². The van der Waals surface area contributed by atoms with Gasteiger partial charge in [0, 0.05) is 44.1 Å². The molecule has 2 fully saturated rings. The van der Waals surface area contributed by atoms with E-state index in [1.807, 2.05) is 0 Å². The Labute approximate surface area is 167 Å². The normalized spacial score (nSPS) is 19.0. The standard InChI is InChI=1S/C18H24N8OS/c1-12-19-14(11-28-12)10-25-6-8-26(9-7-25)18-17(20-13-4-2-3-5-13)21-15-16(22-18)24-27-23-15/h11,13H,2-10H2,1H3,(H,20,21,23). The van der Waals surface area contributed by atoms with Crippen LogP contribution < -0.4 is 10.2 Å². The van der Waals surface area contributed by atoms with Crippen molar-refractivity contribution in [2.45, 2.75) is 45.2 Å². The van der Waals surface area contributed by atoms with Gasteiger partial charge in [-0.25, -0.2) is 19.6 Å². The highest BCUT2D eigenvalue weighted by Crippen LogP contribution is 2.29. The molecule has 148 valence electrons. The third kappa shape index (κ3) is 3.66. The van der Waals surface area contributed by atoms with Crippen molar-refractivity contribution in [2.75, 3.05) is 36.4 Å². The van der Waals surface area contributed by atoms with Gasteiger partial charge in [0.25, 0.3) is 0 Å². The number of aryl methyl sites for hydroxylation is 1. The van der Waals surface area contributed by atoms with Crippen LogP contribution in [0.25, 0.3) is 11.3 Å². The predicted octanol–water partition coefficient (Wildman–Crippen LogP) is 2.45. The van der Waals surface area contributed by atoms with Crippen LogP contribution in [-0.2, 0) is 6.54 Å². The van der Waals surface area contributed by atoms with E-state index in [1.165, 1.54) is 25.7 Å². The Bertz CT molecular complexity index is 942. The number of aromatic nitrogens is 5. The maximum atomic E-state index is 4.83. The molecule has 1 saturated carbocycles. The molecule has 0 amide bonds. The summed E-state index contributed by atoms with van der Waals surface area (Å²) in [6.07, 6.45) is 4.89. The molecule has 9 nitrogen and oxygen atoms in total. The minimum Gasteiger partial charge on any atom is -0.364 e. The average Bonchev–Trinajstić information content (AvgIpc) is 3.45. The number of hydrogen-bond donors (Lipinski definition) is 1. The summed E-state index contributed by atoms with van der Waals surface area (Å²) in [6.45, 7) is 6.69. The maximum Gasteiger partial charge on any atom is 0.245 e. The molecule has 10 heteroatoms. The monoisotopic (exact) mass is 400 g/mol. The summed E-state index contributed by atoms with van der Waals surface area (Å²) in [6, 6.07) is 0.458. The first-order chi connectivity index (χ1) is 13.7. The molecule has 4 heterocycles. The topological polar surface area (TPSA) is 96.1 Å². The first kappa shape index (κ1) is 17.7. The minimum atomic E-state index is 0.458. The van der Waals surface area contributed by atoms with E-state index in [0.29, 0.717) is 17.3 Å². The van der Waals surface area contributed by atoms with Gasteiger partial charge < -0.3 is 10.2 Å². The Kier molecular flexibility index (Phi) is 4.81. The zero-order valence-electron chi connectivity index (χ0n) is 16.0. The second-order valence-electron chi connectivity index (χ2n) is 7.55. The molecule has 1 saturated heterocycles. The van der Waals surface area contributed by atoms with E-state index in [-0.39, 0.29) is 0 Å². The second-order valence-corrected chi connectivity index (χ2v) is 8.62. The van der Waals surface area contributed by atoms with Gasteiger partial charge in [-0.3, -0.25) is 4.90 Å². The largest absolute Gasteiger partial charge is 0.364 e. The highest BCUT2D eigenvalue weighted by Gasteiger charge is 2.25. The average molecular weight is 401 g/mol. The molecule has 28 heavy (non-hydrogen) atoms. The number of fused-ring (bicyclic) bond motifs is 1. The van der Waals surface area contributed by atoms with Crippen molar-refractivity contribution in [3.8, 4) is 0 Å². The summed E-state index contributed by atoms with van der Waals surface area (Å²) >= 11 is 1.71. The Morgan fingerprint density at radius 2 is 1.82 bits per heavy atom. The van der Waals surface area contributed by atoms with Crippen molar-refractivity contribution >= 4 is 34.3 Å². The van der Waals surface area contributed by atoms with Crippen molar-refractivity contribution in [3.63, 3.8) is 0 Å². The molecule has 0 atom stereocenters. The van der Waals surface area contributed by atoms with Crippen LogP contribution in [0.15, 0.2) is 10.0 Å². The molecule has 3 aromatic heterocycles. The molecular formula is C18H24N8OS. The third-order valence-electron chi connectivity index (χ3n) is 5.52. The van der Waals surface area contributed by atoms with Crippen molar-refractivity contribution < 1.29 is 4.63 Å². The van der Waals surface area contributed by atoms with E-state index >= 15 is 0 Å². The summed E-state index contributed by atoms with van der Waals surface area (Å²) in [4.78, 5) is 18.7. The van der Waals surface area contributed by atoms with Gasteiger partial charge >= 0.3 is 0 Å². The molecule has 0 aromatic carbocycles. The highest BCUT2D eigenvalue weighted by molar-refractivity contribution is 7.09. The molecule has 2 aliphatic rings. The van der Waals surface area contributed by atoms with Crippen LogP contribution in [0.2, 0.25) is 0 Å². The smallest absolute Gasteiger partial charge is 0.245 e. The molecule has 1 aliphatic heterocycles. The van der Waals surface area contributed by atoms with E-state index in [0.717, 1.165) is 55.1 Å². The second kappa shape index (κ2) is 7.59. The molecule has 0 bridgehead atoms. The number of anilines is 2. The van der Waals surface area contributed by atoms with Gasteiger partial charge in [-0.15, -0.1) is 11.3 Å². The van der Waals surface area contributed by atoms with Crippen molar-refractivity contribution in [1.29, 1.82) is 0 Å². The molecule has 1 aliphatic carbocycles. The van der Waals surface area contributed by atoms with Crippen molar-refractivity contribution in [2.24, 2.45) is 0 Å². The predicted molar refractivity (Wildman–Crippen MR) is 108 cm³/mol. The van der Waals surface area contributed by atoms with Gasteiger partial charge in [0.05, 0.1) is 10.7 Å². The van der Waals surface area contributed by atoms with Crippen LogP contribution in [0.1, 0.15) is 36.4 Å². The molecule has 1 N–H and O–H groups in total. The molecular weight excluding hydrogens is 376 g/mol. The Balaban J connectivity index is 1.32. The number of nitrogens with one attached hydrogen (secondary N) is 1. The third-order valence-corrected chi connectivity index (χ3v) is 6.34. The van der Waals surface area contributed by atoms with E-state index in [1.54, 1.807) is 11.3 Å². The van der Waals surface area contributed by atoms with E-state index in [9.17, 15) is 0 Å². The molecule has 3 aromatic rings. The Morgan fingerprint density at radius 3 is 2.54 bits per heavy atom. The molecule has 0 spiro atoms. The van der Waals surface area contributed by atoms with Gasteiger partial charge in [0.15, 0.2) is 11.6 Å². The summed E-state index contributed by atoms with van der Waals surface area (Å²) in [5, 5.41) is 14.6. The number of nitrogens with zero attached hydrogens (tertiary/aromatic N) is 7. The van der Waals surface area contributed by atoms with Crippen LogP contribution in [-0.4, -0.2) is 62.4 Å². The fraction of sp³-hybridized carbons (Fsp3) is 0.611. The van der Waals surface area contributed by atoms with E-state index in [2.05, 4.69) is 47.7 Å². The summed E-state index contributed by atoms with van der Waals surface area (Å²) in [5.74, 6) is 1.66. The zero-order valence-corrected chi connectivity index (χ0v) is 16.8. The zero-order chi connectivity index (χ0) is 18.9. The van der Waals surface area contributed by atoms with Crippen molar-refractivity contribution in [1.82, 2.24) is 30.2 Å². The molecule has 5 rings (SSSR count). The fourth-order valence-corrected chi connectivity index (χ4v) is 4.64. The lowest BCUT2D eigenvalue weighted by molar-refractivity contribution is 0.247. The lowest BCUT2D eigenvalue weighted by Crippen LogP contribution is -2.46. The van der Waals surface area contributed by atoms with E-state index < -0.39 is 0 Å². The van der Waals surface area contributed by atoms with Crippen LogP contribution >= 0.6 is 11.3 Å². The first-order valence-electron chi connectivity index (χ1n) is 9.90. The molecule has 0 unspecified atom stereocenters. The number of hydrogen-bond acceptors (Lipinski definition) is 10. The summed E-state index contributed by atoms with van der Waals surface area (Å²) in [7, 11) is 0. The van der Waals surface area contributed by atoms with Gasteiger partial charge in [-0.1, -0.05) is 12.8 Å². The lowest BCUT2D eigenvalue weighted by atomic mass is 10.2. The highest BCUT2D eigenvalue weighted by atomic mass is 32.1. The van der Waals surface area contributed by atoms with Gasteiger partial charge in [0.2, 0.25) is 11.3 Å². The lowest BCUT2D eigenvalue weighted by Gasteiger charge is -2.35. The minimum absolute atomic E-state index is 0.458. The number of rotatable bonds is 5. The van der Waals surface area contributed by atoms with Gasteiger partial charge in [0.1, 0.15) is 0 Å².